The minimum atomic E-state index is -1.31. The van der Waals surface area contributed by atoms with Crippen LogP contribution in [0.25, 0.3) is 0 Å². The minimum absolute atomic E-state index is 0.106. The quantitative estimate of drug-likeness (QED) is 0.358. The van der Waals surface area contributed by atoms with E-state index in [1.54, 1.807) is 6.08 Å². The second-order valence-corrected chi connectivity index (χ2v) is 7.36. The number of rotatable bonds is 9. The fourth-order valence-corrected chi connectivity index (χ4v) is 2.76. The van der Waals surface area contributed by atoms with Gasteiger partial charge < -0.3 is 14.9 Å². The van der Waals surface area contributed by atoms with Crippen molar-refractivity contribution in [3.63, 3.8) is 0 Å². The SMILES string of the molecule is C=C(C=C[C@H](O)C[C@H](O)C(C(=O)Oc1ccc(F)cc1)c1ccc(F)cc1)C(C)C. The molecule has 0 saturated carbocycles. The zero-order valence-corrected chi connectivity index (χ0v) is 17.0. The van der Waals surface area contributed by atoms with Gasteiger partial charge in [-0.2, -0.15) is 0 Å². The largest absolute Gasteiger partial charge is 0.426 e. The lowest BCUT2D eigenvalue weighted by Crippen LogP contribution is -2.32. The summed E-state index contributed by atoms with van der Waals surface area (Å²) in [6.07, 6.45) is 0.680. The lowest BCUT2D eigenvalue weighted by molar-refractivity contribution is -0.139. The van der Waals surface area contributed by atoms with E-state index in [2.05, 4.69) is 6.58 Å². The first kappa shape index (κ1) is 23.4. The number of hydrogen-bond donors (Lipinski definition) is 2. The molecule has 0 heterocycles. The molecule has 2 rings (SSSR count). The van der Waals surface area contributed by atoms with Crippen LogP contribution in [0.5, 0.6) is 5.75 Å². The second-order valence-electron chi connectivity index (χ2n) is 7.36. The first-order chi connectivity index (χ1) is 14.2. The van der Waals surface area contributed by atoms with Crippen molar-refractivity contribution in [1.29, 1.82) is 0 Å². The zero-order valence-electron chi connectivity index (χ0n) is 17.0. The number of carbonyl (C=O) groups is 1. The van der Waals surface area contributed by atoms with Crippen LogP contribution in [-0.2, 0) is 4.79 Å². The smallest absolute Gasteiger partial charge is 0.321 e. The number of esters is 1. The summed E-state index contributed by atoms with van der Waals surface area (Å²) in [5.74, 6) is -2.64. The van der Waals surface area contributed by atoms with E-state index >= 15 is 0 Å². The van der Waals surface area contributed by atoms with Gasteiger partial charge in [-0.05, 0) is 47.9 Å². The average Bonchev–Trinajstić information content (AvgIpc) is 2.69. The van der Waals surface area contributed by atoms with Crippen molar-refractivity contribution < 1.29 is 28.5 Å². The van der Waals surface area contributed by atoms with Gasteiger partial charge in [0.25, 0.3) is 0 Å². The Morgan fingerprint density at radius 2 is 1.57 bits per heavy atom. The summed E-state index contributed by atoms with van der Waals surface area (Å²) in [7, 11) is 0. The van der Waals surface area contributed by atoms with E-state index in [4.69, 9.17) is 4.74 Å². The van der Waals surface area contributed by atoms with E-state index in [-0.39, 0.29) is 18.1 Å². The van der Waals surface area contributed by atoms with Crippen molar-refractivity contribution in [1.82, 2.24) is 0 Å². The molecule has 0 aliphatic rings. The molecule has 2 N–H and O–H groups in total. The minimum Gasteiger partial charge on any atom is -0.426 e. The van der Waals surface area contributed by atoms with Gasteiger partial charge in [-0.15, -0.1) is 0 Å². The van der Waals surface area contributed by atoms with Crippen LogP contribution < -0.4 is 4.74 Å². The molecule has 0 spiro atoms. The molecule has 1 unspecified atom stereocenters. The molecular weight excluding hydrogens is 390 g/mol. The van der Waals surface area contributed by atoms with Crippen molar-refractivity contribution >= 4 is 5.97 Å². The van der Waals surface area contributed by atoms with Crippen molar-refractivity contribution in [3.05, 3.63) is 90.0 Å². The normalized spacial score (nSPS) is 14.5. The van der Waals surface area contributed by atoms with Gasteiger partial charge in [0.15, 0.2) is 0 Å². The van der Waals surface area contributed by atoms with E-state index in [1.165, 1.54) is 42.5 Å². The van der Waals surface area contributed by atoms with Crippen LogP contribution in [0.15, 0.2) is 72.8 Å². The number of allylic oxidation sites excluding steroid dienone is 2. The Kier molecular flexibility index (Phi) is 8.45. The Balaban J connectivity index is 2.19. The molecule has 0 amide bonds. The van der Waals surface area contributed by atoms with Crippen LogP contribution in [0.3, 0.4) is 0 Å². The number of ether oxygens (including phenoxy) is 1. The summed E-state index contributed by atoms with van der Waals surface area (Å²) < 4.78 is 31.7. The lowest BCUT2D eigenvalue weighted by Gasteiger charge is -2.23. The Morgan fingerprint density at radius 3 is 2.10 bits per heavy atom. The highest BCUT2D eigenvalue weighted by atomic mass is 19.1. The summed E-state index contributed by atoms with van der Waals surface area (Å²) >= 11 is 0. The molecule has 30 heavy (non-hydrogen) atoms. The third kappa shape index (κ3) is 6.90. The van der Waals surface area contributed by atoms with E-state index in [0.29, 0.717) is 5.56 Å². The van der Waals surface area contributed by atoms with Gasteiger partial charge in [0.05, 0.1) is 12.2 Å². The van der Waals surface area contributed by atoms with Crippen LogP contribution in [0.2, 0.25) is 0 Å². The summed E-state index contributed by atoms with van der Waals surface area (Å²) in [6, 6.07) is 9.94. The van der Waals surface area contributed by atoms with Gasteiger partial charge in [-0.1, -0.05) is 50.3 Å². The molecule has 0 saturated heterocycles. The predicted octanol–water partition coefficient (Wildman–Crippen LogP) is 4.53. The molecule has 0 bridgehead atoms. The van der Waals surface area contributed by atoms with Gasteiger partial charge in [0, 0.05) is 6.42 Å². The number of aliphatic hydroxyl groups excluding tert-OH is 2. The van der Waals surface area contributed by atoms with Crippen molar-refractivity contribution in [2.75, 3.05) is 0 Å². The lowest BCUT2D eigenvalue weighted by atomic mass is 9.90. The fourth-order valence-electron chi connectivity index (χ4n) is 2.76. The number of carbonyl (C=O) groups excluding carboxylic acids is 1. The van der Waals surface area contributed by atoms with Crippen LogP contribution >= 0.6 is 0 Å². The van der Waals surface area contributed by atoms with Gasteiger partial charge in [-0.3, -0.25) is 4.79 Å². The van der Waals surface area contributed by atoms with E-state index in [9.17, 15) is 23.8 Å². The fraction of sp³-hybridized carbons (Fsp3) is 0.292. The van der Waals surface area contributed by atoms with Crippen molar-refractivity contribution in [2.45, 2.75) is 38.4 Å². The van der Waals surface area contributed by atoms with Gasteiger partial charge in [0.1, 0.15) is 23.3 Å². The highest BCUT2D eigenvalue weighted by Crippen LogP contribution is 2.26. The van der Waals surface area contributed by atoms with Gasteiger partial charge in [0.2, 0.25) is 0 Å². The van der Waals surface area contributed by atoms with Crippen LogP contribution in [0, 0.1) is 17.6 Å². The average molecular weight is 416 g/mol. The third-order valence-corrected chi connectivity index (χ3v) is 4.66. The molecule has 160 valence electrons. The molecule has 0 radical (unpaired) electrons. The first-order valence-corrected chi connectivity index (χ1v) is 9.63. The van der Waals surface area contributed by atoms with E-state index in [1.807, 2.05) is 13.8 Å². The second kappa shape index (κ2) is 10.8. The van der Waals surface area contributed by atoms with Crippen molar-refractivity contribution in [3.8, 4) is 5.75 Å². The number of hydrogen-bond acceptors (Lipinski definition) is 4. The molecule has 3 atom stereocenters. The molecule has 0 fully saturated rings. The Morgan fingerprint density at radius 1 is 1.03 bits per heavy atom. The monoisotopic (exact) mass is 416 g/mol. The Labute approximate surface area is 175 Å². The maximum Gasteiger partial charge on any atom is 0.321 e. The molecule has 0 aliphatic heterocycles. The van der Waals surface area contributed by atoms with Gasteiger partial charge in [-0.25, -0.2) is 8.78 Å². The number of aliphatic hydroxyl groups is 2. The van der Waals surface area contributed by atoms with E-state index < -0.39 is 35.7 Å². The highest BCUT2D eigenvalue weighted by Gasteiger charge is 2.31. The first-order valence-electron chi connectivity index (χ1n) is 9.63. The highest BCUT2D eigenvalue weighted by molar-refractivity contribution is 5.81. The molecule has 6 heteroatoms. The summed E-state index contributed by atoms with van der Waals surface area (Å²) in [4.78, 5) is 12.8. The molecule has 0 aromatic heterocycles. The topological polar surface area (TPSA) is 66.8 Å². The Bertz CT molecular complexity index is 873. The maximum absolute atomic E-state index is 13.3. The standard InChI is InChI=1S/C24H26F2O4/c1-15(2)16(3)4-11-20(27)14-22(28)23(17-5-7-18(25)8-6-17)24(29)30-21-12-9-19(26)10-13-21/h4-13,15,20,22-23,27-28H,3,14H2,1-2H3/t20-,22-,23?/m0/s1. The molecular formula is C24H26F2O4. The van der Waals surface area contributed by atoms with E-state index in [0.717, 1.165) is 17.7 Å². The maximum atomic E-state index is 13.3. The van der Waals surface area contributed by atoms with Gasteiger partial charge >= 0.3 is 5.97 Å². The summed E-state index contributed by atoms with van der Waals surface area (Å²) in [6.45, 7) is 7.81. The Hall–Kier alpha value is -2.83. The zero-order chi connectivity index (χ0) is 22.3. The van der Waals surface area contributed by atoms with Crippen molar-refractivity contribution in [2.24, 2.45) is 5.92 Å². The summed E-state index contributed by atoms with van der Waals surface area (Å²) in [5.41, 5.74) is 1.15. The predicted molar refractivity (Wildman–Crippen MR) is 111 cm³/mol. The number of benzene rings is 2. The molecule has 4 nitrogen and oxygen atoms in total. The molecule has 2 aromatic carbocycles. The van der Waals surface area contributed by atoms with Crippen LogP contribution in [-0.4, -0.2) is 28.4 Å². The molecule has 0 aliphatic carbocycles. The third-order valence-electron chi connectivity index (χ3n) is 4.66. The van der Waals surface area contributed by atoms with Crippen LogP contribution in [0.4, 0.5) is 8.78 Å². The molecule has 2 aromatic rings. The summed E-state index contributed by atoms with van der Waals surface area (Å²) in [5, 5.41) is 20.9. The number of halogens is 2. The van der Waals surface area contributed by atoms with Crippen LogP contribution in [0.1, 0.15) is 31.7 Å².